The van der Waals surface area contributed by atoms with Gasteiger partial charge in [0.1, 0.15) is 30.0 Å². The minimum atomic E-state index is -3.21. The lowest BCUT2D eigenvalue weighted by Crippen LogP contribution is -2.50. The van der Waals surface area contributed by atoms with Crippen LogP contribution < -0.4 is 14.2 Å². The minimum absolute atomic E-state index is 0.0738. The molecule has 7 heterocycles. The molecule has 0 unspecified atom stereocenters. The number of hydrogen-bond acceptors (Lipinski definition) is 12. The van der Waals surface area contributed by atoms with Crippen LogP contribution in [0.2, 0.25) is 5.15 Å². The molecule has 0 aromatic carbocycles. The summed E-state index contributed by atoms with van der Waals surface area (Å²) in [6, 6.07) is 3.26. The highest BCUT2D eigenvalue weighted by molar-refractivity contribution is 7.90. The highest BCUT2D eigenvalue weighted by Crippen LogP contribution is 2.43. The Kier molecular flexibility index (Phi) is 9.94. The number of rotatable bonds is 10. The van der Waals surface area contributed by atoms with Gasteiger partial charge in [-0.2, -0.15) is 8.61 Å². The average molecular weight is 798 g/mol. The van der Waals surface area contributed by atoms with E-state index >= 15 is 0 Å². The largest absolute Gasteiger partial charge is 0.474 e. The SMILES string of the molecule is Cc1c(Cl)ncnc1OC1C[C@@H]2C=C[C@@H](C1)N2S(=O)(=O)C1CC1.Cc1ccc(Oc2ncnc(OC3C[C@@H]4C=C[C@@H](C3)N4S(=O)(=O)C3CC3)c2C)c(C)n1. The zero-order chi connectivity index (χ0) is 37.9. The molecule has 9 rings (SSSR count). The van der Waals surface area contributed by atoms with Crippen molar-refractivity contribution in [2.45, 2.75) is 126 Å². The molecule has 0 radical (unpaired) electrons. The molecule has 3 aromatic rings. The van der Waals surface area contributed by atoms with E-state index in [1.54, 1.807) is 8.61 Å². The number of aryl methyl sites for hydroxylation is 2. The van der Waals surface area contributed by atoms with Gasteiger partial charge in [0.15, 0.2) is 5.75 Å². The second-order valence-corrected chi connectivity index (χ2v) is 19.5. The molecular formula is C37H44ClN7O7S2. The number of sulfonamides is 2. The van der Waals surface area contributed by atoms with E-state index in [0.29, 0.717) is 65.4 Å². The summed E-state index contributed by atoms with van der Waals surface area (Å²) in [4.78, 5) is 21.1. The summed E-state index contributed by atoms with van der Waals surface area (Å²) >= 11 is 5.99. The third-order valence-corrected chi connectivity index (χ3v) is 16.1. The standard InChI is InChI=1S/C22H26N4O4S.C15H18ClN3O3S/c1-13-4-9-20(15(3)25-13)30-22-14(2)21(23-12-24-22)29-18-10-16-5-6-17(11-18)26(16)31(27,28)19-7-8-19;1-9-14(16)17-8-18-15(9)22-12-6-10-2-3-11(7-12)19(10)23(20,21)13-4-5-13/h4-6,9,12,16-19H,7-8,10-11H2,1-3H3;2-3,8,10-13H,4-7H2,1H3/t16-,17-;10-,11-/m00/s1. The van der Waals surface area contributed by atoms with Crippen LogP contribution in [-0.2, 0) is 20.0 Å². The lowest BCUT2D eigenvalue weighted by Gasteiger charge is -2.38. The van der Waals surface area contributed by atoms with Crippen LogP contribution in [0.4, 0.5) is 0 Å². The van der Waals surface area contributed by atoms with Crippen molar-refractivity contribution in [3.05, 3.63) is 76.8 Å². The summed E-state index contributed by atoms with van der Waals surface area (Å²) in [6.07, 6.45) is 16.2. The molecule has 2 aliphatic carbocycles. The fourth-order valence-corrected chi connectivity index (χ4v) is 12.2. The molecular weight excluding hydrogens is 754 g/mol. The Morgan fingerprint density at radius 1 is 0.630 bits per heavy atom. The van der Waals surface area contributed by atoms with Crippen molar-refractivity contribution in [1.29, 1.82) is 0 Å². The quantitative estimate of drug-likeness (QED) is 0.192. The minimum Gasteiger partial charge on any atom is -0.474 e. The molecule has 4 bridgehead atoms. The number of halogens is 1. The molecule has 4 aliphatic heterocycles. The van der Waals surface area contributed by atoms with E-state index in [9.17, 15) is 16.8 Å². The van der Waals surface area contributed by atoms with Crippen molar-refractivity contribution in [3.8, 4) is 23.4 Å². The average Bonchev–Trinajstić information content (AvgIpc) is 4.05. The molecule has 4 atom stereocenters. The summed E-state index contributed by atoms with van der Waals surface area (Å²) in [6.45, 7) is 7.50. The smallest absolute Gasteiger partial charge is 0.229 e. The zero-order valence-electron chi connectivity index (χ0n) is 30.6. The van der Waals surface area contributed by atoms with E-state index in [1.807, 2.05) is 64.1 Å². The number of nitrogens with zero attached hydrogens (tertiary/aromatic N) is 7. The Balaban J connectivity index is 0.000000160. The van der Waals surface area contributed by atoms with Crippen molar-refractivity contribution in [1.82, 2.24) is 33.5 Å². The molecule has 2 saturated carbocycles. The lowest BCUT2D eigenvalue weighted by molar-refractivity contribution is 0.0976. The van der Waals surface area contributed by atoms with E-state index in [-0.39, 0.29) is 46.9 Å². The van der Waals surface area contributed by atoms with Crippen LogP contribution in [0.15, 0.2) is 49.1 Å². The van der Waals surface area contributed by atoms with E-state index < -0.39 is 20.0 Å². The number of pyridine rings is 1. The second-order valence-electron chi connectivity index (χ2n) is 15.0. The van der Waals surface area contributed by atoms with Gasteiger partial charge < -0.3 is 14.2 Å². The van der Waals surface area contributed by atoms with E-state index in [4.69, 9.17) is 25.8 Å². The highest BCUT2D eigenvalue weighted by atomic mass is 35.5. The van der Waals surface area contributed by atoms with Gasteiger partial charge in [-0.15, -0.1) is 0 Å². The van der Waals surface area contributed by atoms with Crippen molar-refractivity contribution >= 4 is 31.6 Å². The molecule has 4 fully saturated rings. The van der Waals surface area contributed by atoms with Crippen molar-refractivity contribution < 1.29 is 31.0 Å². The Hall–Kier alpha value is -3.70. The molecule has 0 N–H and O–H groups in total. The molecule has 0 amide bonds. The van der Waals surface area contributed by atoms with Gasteiger partial charge in [0.25, 0.3) is 0 Å². The fraction of sp³-hybridized carbons (Fsp3) is 0.541. The van der Waals surface area contributed by atoms with Crippen LogP contribution in [0.25, 0.3) is 0 Å². The molecule has 54 heavy (non-hydrogen) atoms. The fourth-order valence-electron chi connectivity index (χ4n) is 7.74. The summed E-state index contributed by atoms with van der Waals surface area (Å²) in [5, 5.41) is 0.0102. The number of fused-ring (bicyclic) bond motifs is 4. The van der Waals surface area contributed by atoms with Crippen LogP contribution in [0.5, 0.6) is 23.4 Å². The van der Waals surface area contributed by atoms with Crippen LogP contribution in [-0.4, -0.2) is 97.2 Å². The van der Waals surface area contributed by atoms with Crippen molar-refractivity contribution in [2.24, 2.45) is 0 Å². The van der Waals surface area contributed by atoms with Crippen LogP contribution in [0, 0.1) is 27.7 Å². The first kappa shape index (κ1) is 37.2. The van der Waals surface area contributed by atoms with Gasteiger partial charge in [0.05, 0.1) is 21.8 Å². The molecule has 14 nitrogen and oxygen atoms in total. The lowest BCUT2D eigenvalue weighted by atomic mass is 10.0. The first-order chi connectivity index (χ1) is 25.8. The number of ether oxygens (including phenoxy) is 3. The Labute approximate surface area is 321 Å². The maximum Gasteiger partial charge on any atom is 0.229 e. The summed E-state index contributed by atoms with van der Waals surface area (Å²) in [5.74, 6) is 2.01. The monoisotopic (exact) mass is 797 g/mol. The maximum absolute atomic E-state index is 12.8. The van der Waals surface area contributed by atoms with Gasteiger partial charge in [0, 0.05) is 61.1 Å². The Bertz CT molecular complexity index is 2180. The summed E-state index contributed by atoms with van der Waals surface area (Å²) < 4.78 is 72.3. The van der Waals surface area contributed by atoms with Crippen LogP contribution >= 0.6 is 11.6 Å². The Morgan fingerprint density at radius 2 is 1.07 bits per heavy atom. The van der Waals surface area contributed by atoms with Crippen LogP contribution in [0.3, 0.4) is 0 Å². The Morgan fingerprint density at radius 3 is 1.54 bits per heavy atom. The van der Waals surface area contributed by atoms with Gasteiger partial charge >= 0.3 is 0 Å². The maximum atomic E-state index is 12.8. The van der Waals surface area contributed by atoms with Gasteiger partial charge in [0.2, 0.25) is 37.7 Å². The summed E-state index contributed by atoms with van der Waals surface area (Å²) in [7, 11) is -6.38. The predicted molar refractivity (Wildman–Crippen MR) is 201 cm³/mol. The van der Waals surface area contributed by atoms with Gasteiger partial charge in [-0.1, -0.05) is 35.9 Å². The third-order valence-electron chi connectivity index (χ3n) is 10.8. The second kappa shape index (κ2) is 14.4. The number of piperidine rings is 2. The normalized spacial score (nSPS) is 27.7. The molecule has 6 aliphatic rings. The highest BCUT2D eigenvalue weighted by Gasteiger charge is 2.51. The van der Waals surface area contributed by atoms with E-state index in [2.05, 4.69) is 24.9 Å². The predicted octanol–water partition coefficient (Wildman–Crippen LogP) is 5.31. The van der Waals surface area contributed by atoms with Gasteiger partial charge in [-0.05, 0) is 65.5 Å². The van der Waals surface area contributed by atoms with E-state index in [1.165, 1.54) is 12.7 Å². The number of hydrogen-bond donors (Lipinski definition) is 0. The number of aromatic nitrogens is 5. The van der Waals surface area contributed by atoms with E-state index in [0.717, 1.165) is 37.1 Å². The first-order valence-corrected chi connectivity index (χ1v) is 21.8. The summed E-state index contributed by atoms with van der Waals surface area (Å²) in [5.41, 5.74) is 3.12. The van der Waals surface area contributed by atoms with Gasteiger partial charge in [-0.3, -0.25) is 4.98 Å². The third kappa shape index (κ3) is 7.34. The first-order valence-electron chi connectivity index (χ1n) is 18.4. The topological polar surface area (TPSA) is 167 Å². The molecule has 0 spiro atoms. The molecule has 2 saturated heterocycles. The molecule has 3 aromatic heterocycles. The molecule has 288 valence electrons. The van der Waals surface area contributed by atoms with Crippen molar-refractivity contribution in [3.63, 3.8) is 0 Å². The van der Waals surface area contributed by atoms with Crippen LogP contribution in [0.1, 0.15) is 73.9 Å². The zero-order valence-corrected chi connectivity index (χ0v) is 33.0. The van der Waals surface area contributed by atoms with Crippen molar-refractivity contribution in [2.75, 3.05) is 0 Å². The van der Waals surface area contributed by atoms with Gasteiger partial charge in [-0.25, -0.2) is 36.8 Å². The molecule has 17 heteroatoms.